The van der Waals surface area contributed by atoms with Gasteiger partial charge in [-0.05, 0) is 50.9 Å². The van der Waals surface area contributed by atoms with Crippen molar-refractivity contribution in [2.75, 3.05) is 13.1 Å². The third-order valence-corrected chi connectivity index (χ3v) is 4.51. The molecule has 0 amide bonds. The van der Waals surface area contributed by atoms with Crippen LogP contribution < -0.4 is 5.73 Å². The average Bonchev–Trinajstić information content (AvgIpc) is 2.41. The first-order chi connectivity index (χ1) is 9.47. The molecular weight excluding hydrogens is 322 g/mol. The number of benzene rings is 1. The maximum absolute atomic E-state index is 11.1. The molecule has 1 aliphatic rings. The van der Waals surface area contributed by atoms with Crippen molar-refractivity contribution in [1.29, 1.82) is 0 Å². The van der Waals surface area contributed by atoms with Gasteiger partial charge in [0, 0.05) is 28.7 Å². The molecule has 1 unspecified atom stereocenters. The summed E-state index contributed by atoms with van der Waals surface area (Å²) < 4.78 is 0.739. The molecule has 2 rings (SSSR count). The van der Waals surface area contributed by atoms with Crippen molar-refractivity contribution in [3.05, 3.63) is 38.3 Å². The standard InChI is InChI=1S/C14H20BrN3O2/c1-10(16)11-4-6-17(7-5-11)9-12-2-3-13(15)8-14(12)18(19)20/h2-3,8,10-11H,4-7,9,16H2,1H3. The number of nitro groups is 1. The van der Waals surface area contributed by atoms with Gasteiger partial charge in [0.25, 0.3) is 5.69 Å². The Morgan fingerprint density at radius 3 is 2.70 bits per heavy atom. The van der Waals surface area contributed by atoms with Crippen molar-refractivity contribution < 1.29 is 4.92 Å². The molecule has 0 aromatic heterocycles. The van der Waals surface area contributed by atoms with E-state index in [0.29, 0.717) is 12.5 Å². The summed E-state index contributed by atoms with van der Waals surface area (Å²) in [4.78, 5) is 13.1. The Bertz CT molecular complexity index is 485. The van der Waals surface area contributed by atoms with Gasteiger partial charge in [-0.15, -0.1) is 0 Å². The molecule has 0 bridgehead atoms. The SMILES string of the molecule is CC(N)C1CCN(Cc2ccc(Br)cc2[N+](=O)[O-])CC1. The summed E-state index contributed by atoms with van der Waals surface area (Å²) in [5, 5.41) is 11.1. The normalized spacial score (nSPS) is 18.9. The fourth-order valence-electron chi connectivity index (χ4n) is 2.72. The fourth-order valence-corrected chi connectivity index (χ4v) is 3.07. The van der Waals surface area contributed by atoms with Crippen LogP contribution in [0.1, 0.15) is 25.3 Å². The van der Waals surface area contributed by atoms with Crippen LogP contribution in [0.25, 0.3) is 0 Å². The molecule has 0 spiro atoms. The number of nitrogens with zero attached hydrogens (tertiary/aromatic N) is 2. The molecule has 0 saturated carbocycles. The van der Waals surface area contributed by atoms with E-state index in [4.69, 9.17) is 5.73 Å². The Morgan fingerprint density at radius 2 is 2.15 bits per heavy atom. The highest BCUT2D eigenvalue weighted by molar-refractivity contribution is 9.10. The number of hydrogen-bond acceptors (Lipinski definition) is 4. The maximum atomic E-state index is 11.1. The molecule has 110 valence electrons. The minimum Gasteiger partial charge on any atom is -0.328 e. The van der Waals surface area contributed by atoms with E-state index in [1.807, 2.05) is 12.1 Å². The first-order valence-corrected chi connectivity index (χ1v) is 7.67. The summed E-state index contributed by atoms with van der Waals surface area (Å²) in [7, 11) is 0. The largest absolute Gasteiger partial charge is 0.328 e. The molecule has 20 heavy (non-hydrogen) atoms. The third kappa shape index (κ3) is 3.77. The average molecular weight is 342 g/mol. The first kappa shape index (κ1) is 15.4. The summed E-state index contributed by atoms with van der Waals surface area (Å²) in [6, 6.07) is 5.50. The summed E-state index contributed by atoms with van der Waals surface area (Å²) in [6.07, 6.45) is 2.14. The van der Waals surface area contributed by atoms with Crippen LogP contribution in [0.5, 0.6) is 0 Å². The smallest absolute Gasteiger partial charge is 0.275 e. The molecule has 1 aromatic rings. The second-order valence-electron chi connectivity index (χ2n) is 5.50. The van der Waals surface area contributed by atoms with E-state index in [1.165, 1.54) is 0 Å². The zero-order valence-corrected chi connectivity index (χ0v) is 13.2. The van der Waals surface area contributed by atoms with E-state index in [9.17, 15) is 10.1 Å². The fraction of sp³-hybridized carbons (Fsp3) is 0.571. The second kappa shape index (κ2) is 6.65. The van der Waals surface area contributed by atoms with Gasteiger partial charge >= 0.3 is 0 Å². The Morgan fingerprint density at radius 1 is 1.50 bits per heavy atom. The third-order valence-electron chi connectivity index (χ3n) is 4.01. The number of nitrogens with two attached hydrogens (primary N) is 1. The van der Waals surface area contributed by atoms with Crippen LogP contribution in [0, 0.1) is 16.0 Å². The van der Waals surface area contributed by atoms with Gasteiger partial charge in [-0.3, -0.25) is 15.0 Å². The first-order valence-electron chi connectivity index (χ1n) is 6.88. The minimum atomic E-state index is -0.311. The van der Waals surface area contributed by atoms with Gasteiger partial charge in [0.2, 0.25) is 0 Å². The number of halogens is 1. The summed E-state index contributed by atoms with van der Waals surface area (Å²) >= 11 is 3.28. The lowest BCUT2D eigenvalue weighted by molar-refractivity contribution is -0.385. The lowest BCUT2D eigenvalue weighted by Gasteiger charge is -2.33. The Balaban J connectivity index is 2.03. The summed E-state index contributed by atoms with van der Waals surface area (Å²) in [5.74, 6) is 0.575. The van der Waals surface area contributed by atoms with Crippen molar-refractivity contribution in [2.24, 2.45) is 11.7 Å². The van der Waals surface area contributed by atoms with Crippen molar-refractivity contribution in [2.45, 2.75) is 32.4 Å². The van der Waals surface area contributed by atoms with Gasteiger partial charge in [-0.25, -0.2) is 0 Å². The minimum absolute atomic E-state index is 0.189. The van der Waals surface area contributed by atoms with Crippen molar-refractivity contribution in [3.8, 4) is 0 Å². The highest BCUT2D eigenvalue weighted by atomic mass is 79.9. The van der Waals surface area contributed by atoms with Crippen LogP contribution >= 0.6 is 15.9 Å². The monoisotopic (exact) mass is 341 g/mol. The zero-order valence-electron chi connectivity index (χ0n) is 11.6. The molecule has 1 heterocycles. The Kier molecular flexibility index (Phi) is 5.12. The predicted octanol–water partition coefficient (Wildman–Crippen LogP) is 2.92. The van der Waals surface area contributed by atoms with Crippen molar-refractivity contribution in [3.63, 3.8) is 0 Å². The van der Waals surface area contributed by atoms with Crippen molar-refractivity contribution >= 4 is 21.6 Å². The molecule has 5 nitrogen and oxygen atoms in total. The second-order valence-corrected chi connectivity index (χ2v) is 6.42. The maximum Gasteiger partial charge on any atom is 0.275 e. The molecule has 6 heteroatoms. The molecule has 1 atom stereocenters. The van der Waals surface area contributed by atoms with E-state index >= 15 is 0 Å². The Labute approximate surface area is 127 Å². The van der Waals surface area contributed by atoms with Gasteiger partial charge in [0.05, 0.1) is 4.92 Å². The van der Waals surface area contributed by atoms with Crippen LogP contribution in [0.2, 0.25) is 0 Å². The lowest BCUT2D eigenvalue weighted by Crippen LogP contribution is -2.39. The van der Waals surface area contributed by atoms with Crippen LogP contribution in [0.3, 0.4) is 0 Å². The highest BCUT2D eigenvalue weighted by Gasteiger charge is 2.23. The zero-order chi connectivity index (χ0) is 14.7. The lowest BCUT2D eigenvalue weighted by atomic mass is 9.91. The Hall–Kier alpha value is -0.980. The van der Waals surface area contributed by atoms with Crippen LogP contribution in [0.15, 0.2) is 22.7 Å². The van der Waals surface area contributed by atoms with Gasteiger partial charge in [-0.2, -0.15) is 0 Å². The molecule has 1 fully saturated rings. The molecule has 1 saturated heterocycles. The van der Waals surface area contributed by atoms with Gasteiger partial charge in [0.1, 0.15) is 0 Å². The van der Waals surface area contributed by atoms with Crippen LogP contribution in [0.4, 0.5) is 5.69 Å². The van der Waals surface area contributed by atoms with Crippen LogP contribution in [-0.4, -0.2) is 29.0 Å². The quantitative estimate of drug-likeness (QED) is 0.675. The topological polar surface area (TPSA) is 72.4 Å². The van der Waals surface area contributed by atoms with Gasteiger partial charge in [-0.1, -0.05) is 15.9 Å². The number of nitro benzene ring substituents is 1. The van der Waals surface area contributed by atoms with E-state index < -0.39 is 0 Å². The van der Waals surface area contributed by atoms with E-state index in [2.05, 4.69) is 27.8 Å². The van der Waals surface area contributed by atoms with Crippen LogP contribution in [-0.2, 0) is 6.54 Å². The van der Waals surface area contributed by atoms with Crippen molar-refractivity contribution in [1.82, 2.24) is 4.90 Å². The van der Waals surface area contributed by atoms with E-state index in [1.54, 1.807) is 6.07 Å². The number of likely N-dealkylation sites (tertiary alicyclic amines) is 1. The van der Waals surface area contributed by atoms with Gasteiger partial charge in [0.15, 0.2) is 0 Å². The summed E-state index contributed by atoms with van der Waals surface area (Å²) in [6.45, 7) is 4.61. The number of piperidine rings is 1. The molecule has 1 aromatic carbocycles. The van der Waals surface area contributed by atoms with E-state index in [0.717, 1.165) is 36.0 Å². The molecule has 1 aliphatic heterocycles. The summed E-state index contributed by atoms with van der Waals surface area (Å²) in [5.41, 5.74) is 6.90. The molecule has 0 radical (unpaired) electrons. The number of hydrogen-bond donors (Lipinski definition) is 1. The number of rotatable bonds is 4. The van der Waals surface area contributed by atoms with Gasteiger partial charge < -0.3 is 5.73 Å². The predicted molar refractivity (Wildman–Crippen MR) is 82.4 cm³/mol. The van der Waals surface area contributed by atoms with E-state index in [-0.39, 0.29) is 16.7 Å². The highest BCUT2D eigenvalue weighted by Crippen LogP contribution is 2.27. The molecule has 2 N–H and O–H groups in total. The molecule has 0 aliphatic carbocycles. The molecular formula is C14H20BrN3O2.